The van der Waals surface area contributed by atoms with Crippen LogP contribution in [-0.4, -0.2) is 58.1 Å². The number of primary amides is 1. The molecule has 10 heteroatoms. The number of hydrogen-bond donors (Lipinski definition) is 4. The van der Waals surface area contributed by atoms with E-state index >= 15 is 0 Å². The number of unbranched alkanes of at least 4 members (excludes halogenated alkanes) is 2. The Labute approximate surface area is 239 Å². The zero-order valence-corrected chi connectivity index (χ0v) is 25.3. The Kier molecular flexibility index (Phi) is 14.5. The second kappa shape index (κ2) is 16.7. The van der Waals surface area contributed by atoms with Crippen molar-refractivity contribution in [1.29, 1.82) is 0 Å². The van der Waals surface area contributed by atoms with Crippen LogP contribution < -0.4 is 16.4 Å². The first-order valence-corrected chi connectivity index (χ1v) is 14.3. The van der Waals surface area contributed by atoms with Crippen LogP contribution in [0.5, 0.6) is 5.75 Å². The van der Waals surface area contributed by atoms with E-state index in [0.717, 1.165) is 25.7 Å². The Morgan fingerprint density at radius 2 is 1.68 bits per heavy atom. The fourth-order valence-electron chi connectivity index (χ4n) is 4.31. The highest BCUT2D eigenvalue weighted by Gasteiger charge is 2.39. The van der Waals surface area contributed by atoms with Gasteiger partial charge in [-0.25, -0.2) is 4.79 Å². The molecule has 3 unspecified atom stereocenters. The molecular weight excluding hydrogens is 512 g/mol. The van der Waals surface area contributed by atoms with E-state index in [-0.39, 0.29) is 24.2 Å². The van der Waals surface area contributed by atoms with Crippen molar-refractivity contribution in [3.8, 4) is 5.75 Å². The van der Waals surface area contributed by atoms with Crippen molar-refractivity contribution in [2.24, 2.45) is 11.7 Å². The maximum Gasteiger partial charge on any atom is 0.408 e. The van der Waals surface area contributed by atoms with Crippen LogP contribution in [0.4, 0.5) is 4.79 Å². The number of benzene rings is 1. The number of hydrogen-bond acceptors (Lipinski definition) is 6. The molecule has 40 heavy (non-hydrogen) atoms. The van der Waals surface area contributed by atoms with Crippen molar-refractivity contribution in [2.45, 2.75) is 117 Å². The van der Waals surface area contributed by atoms with Gasteiger partial charge in [0.2, 0.25) is 17.7 Å². The van der Waals surface area contributed by atoms with Crippen LogP contribution in [0.15, 0.2) is 24.3 Å². The number of ether oxygens (including phenoxy) is 1. The molecule has 0 radical (unpaired) electrons. The Morgan fingerprint density at radius 1 is 1.02 bits per heavy atom. The number of aromatic hydroxyl groups is 1. The van der Waals surface area contributed by atoms with Gasteiger partial charge in [0, 0.05) is 24.6 Å². The molecule has 0 saturated carbocycles. The molecule has 0 aliphatic carbocycles. The number of carbonyl (C=O) groups is 4. The molecule has 0 fully saturated rings. The third-order valence-corrected chi connectivity index (χ3v) is 6.40. The van der Waals surface area contributed by atoms with Crippen molar-refractivity contribution in [3.63, 3.8) is 0 Å². The second-order valence-electron chi connectivity index (χ2n) is 11.7. The normalized spacial score (nSPS) is 13.7. The van der Waals surface area contributed by atoms with Crippen LogP contribution in [0.3, 0.4) is 0 Å². The Balaban J connectivity index is 3.60. The summed E-state index contributed by atoms with van der Waals surface area (Å²) in [6.45, 7) is 13.6. The topological polar surface area (TPSA) is 151 Å². The minimum atomic E-state index is -1.19. The van der Waals surface area contributed by atoms with Gasteiger partial charge in [-0.15, -0.1) is 0 Å². The molecule has 0 spiro atoms. The van der Waals surface area contributed by atoms with E-state index in [4.69, 9.17) is 10.5 Å². The molecule has 0 bridgehead atoms. The van der Waals surface area contributed by atoms with E-state index in [9.17, 15) is 24.3 Å². The first-order chi connectivity index (χ1) is 18.7. The summed E-state index contributed by atoms with van der Waals surface area (Å²) in [5.41, 5.74) is 4.84. The maximum atomic E-state index is 14.3. The molecular formula is C30H50N4O6. The van der Waals surface area contributed by atoms with Gasteiger partial charge in [0.05, 0.1) is 0 Å². The Morgan fingerprint density at radius 3 is 2.23 bits per heavy atom. The maximum absolute atomic E-state index is 14.3. The van der Waals surface area contributed by atoms with Crippen molar-refractivity contribution in [3.05, 3.63) is 29.8 Å². The average molecular weight is 563 g/mol. The number of amides is 4. The van der Waals surface area contributed by atoms with Crippen LogP contribution in [0.1, 0.15) is 105 Å². The van der Waals surface area contributed by atoms with Crippen LogP contribution in [0, 0.1) is 5.92 Å². The van der Waals surface area contributed by atoms with Crippen LogP contribution in [0.2, 0.25) is 0 Å². The molecule has 0 aromatic heterocycles. The van der Waals surface area contributed by atoms with E-state index in [1.807, 2.05) is 6.92 Å². The SMILES string of the molecule is CCCCCNC(=O)C(c1ccccc1O)N(C(=O)C(CCC(N)=O)NC(=O)OC(C)(C)C)C(C)CCC(C)C. The predicted octanol–water partition coefficient (Wildman–Crippen LogP) is 4.55. The zero-order valence-electron chi connectivity index (χ0n) is 25.3. The van der Waals surface area contributed by atoms with Crippen molar-refractivity contribution >= 4 is 23.8 Å². The average Bonchev–Trinajstić information content (AvgIpc) is 2.85. The number of carbonyl (C=O) groups excluding carboxylic acids is 4. The molecule has 4 amide bonds. The number of nitrogens with zero attached hydrogens (tertiary/aromatic N) is 1. The van der Waals surface area contributed by atoms with Crippen molar-refractivity contribution in [1.82, 2.24) is 15.5 Å². The molecule has 0 aliphatic heterocycles. The minimum Gasteiger partial charge on any atom is -0.508 e. The minimum absolute atomic E-state index is 0.0770. The highest BCUT2D eigenvalue weighted by Crippen LogP contribution is 2.33. The summed E-state index contributed by atoms with van der Waals surface area (Å²) >= 11 is 0. The van der Waals surface area contributed by atoms with E-state index < -0.39 is 47.5 Å². The summed E-state index contributed by atoms with van der Waals surface area (Å²) < 4.78 is 5.38. The molecule has 1 aromatic carbocycles. The molecule has 0 saturated heterocycles. The number of alkyl carbamates (subject to hydrolysis) is 1. The van der Waals surface area contributed by atoms with Crippen LogP contribution in [0.25, 0.3) is 0 Å². The summed E-state index contributed by atoms with van der Waals surface area (Å²) in [5, 5.41) is 16.3. The van der Waals surface area contributed by atoms with Crippen molar-refractivity contribution < 1.29 is 29.0 Å². The lowest BCUT2D eigenvalue weighted by Crippen LogP contribution is -2.55. The molecule has 226 valence electrons. The van der Waals surface area contributed by atoms with Gasteiger partial charge in [-0.3, -0.25) is 14.4 Å². The van der Waals surface area contributed by atoms with Crippen molar-refractivity contribution in [2.75, 3.05) is 6.54 Å². The number of nitrogens with one attached hydrogen (secondary N) is 2. The Bertz CT molecular complexity index is 975. The molecule has 1 rings (SSSR count). The number of phenolic OH excluding ortho intramolecular Hbond substituents is 1. The number of para-hydroxylation sites is 1. The summed E-state index contributed by atoms with van der Waals surface area (Å²) in [6.07, 6.45) is 2.98. The van der Waals surface area contributed by atoms with E-state index in [1.54, 1.807) is 39.0 Å². The molecule has 0 aliphatic rings. The summed E-state index contributed by atoms with van der Waals surface area (Å²) in [4.78, 5) is 53.8. The summed E-state index contributed by atoms with van der Waals surface area (Å²) in [5.74, 6) is -1.42. The molecule has 0 heterocycles. The highest BCUT2D eigenvalue weighted by atomic mass is 16.6. The molecule has 10 nitrogen and oxygen atoms in total. The first-order valence-electron chi connectivity index (χ1n) is 14.3. The standard InChI is InChI=1S/C30H50N4O6/c1-8-9-12-19-32-27(37)26(22-13-10-11-14-24(22)35)34(21(4)16-15-20(2)3)28(38)23(17-18-25(31)36)33-29(39)40-30(5,6)7/h10-11,13-14,20-21,23,26,35H,8-9,12,15-19H2,1-7H3,(H2,31,36)(H,32,37)(H,33,39). The van der Waals surface area contributed by atoms with Gasteiger partial charge >= 0.3 is 6.09 Å². The fraction of sp³-hybridized carbons (Fsp3) is 0.667. The van der Waals surface area contributed by atoms with Gasteiger partial charge in [0.25, 0.3) is 0 Å². The predicted molar refractivity (Wildman–Crippen MR) is 155 cm³/mol. The van der Waals surface area contributed by atoms with Gasteiger partial charge in [-0.2, -0.15) is 0 Å². The quantitative estimate of drug-likeness (QED) is 0.217. The van der Waals surface area contributed by atoms with Crippen LogP contribution in [-0.2, 0) is 19.1 Å². The smallest absolute Gasteiger partial charge is 0.408 e. The van der Waals surface area contributed by atoms with E-state index in [2.05, 4.69) is 31.4 Å². The third kappa shape index (κ3) is 12.3. The number of nitrogens with two attached hydrogens (primary N) is 1. The number of rotatable bonds is 16. The summed E-state index contributed by atoms with van der Waals surface area (Å²) in [7, 11) is 0. The number of phenols is 1. The Hall–Kier alpha value is -3.30. The van der Waals surface area contributed by atoms with Gasteiger partial charge in [0.15, 0.2) is 0 Å². The zero-order chi connectivity index (χ0) is 30.5. The van der Waals surface area contributed by atoms with Gasteiger partial charge in [0.1, 0.15) is 23.4 Å². The molecule has 1 aromatic rings. The third-order valence-electron chi connectivity index (χ3n) is 6.40. The molecule has 3 atom stereocenters. The second-order valence-corrected chi connectivity index (χ2v) is 11.7. The summed E-state index contributed by atoms with van der Waals surface area (Å²) in [6, 6.07) is 3.61. The lowest BCUT2D eigenvalue weighted by Gasteiger charge is -2.39. The monoisotopic (exact) mass is 562 g/mol. The lowest BCUT2D eigenvalue weighted by atomic mass is 9.96. The molecule has 5 N–H and O–H groups in total. The van der Waals surface area contributed by atoms with Gasteiger partial charge in [-0.05, 0) is 65.4 Å². The largest absolute Gasteiger partial charge is 0.508 e. The van der Waals surface area contributed by atoms with Gasteiger partial charge < -0.3 is 31.1 Å². The van der Waals surface area contributed by atoms with Crippen LogP contribution >= 0.6 is 0 Å². The van der Waals surface area contributed by atoms with E-state index in [0.29, 0.717) is 18.9 Å². The first kappa shape index (κ1) is 34.7. The lowest BCUT2D eigenvalue weighted by molar-refractivity contribution is -0.145. The fourth-order valence-corrected chi connectivity index (χ4v) is 4.31. The van der Waals surface area contributed by atoms with Gasteiger partial charge in [-0.1, -0.05) is 51.8 Å². The van der Waals surface area contributed by atoms with E-state index in [1.165, 1.54) is 11.0 Å². The highest BCUT2D eigenvalue weighted by molar-refractivity contribution is 5.93.